The fourth-order valence-electron chi connectivity index (χ4n) is 3.40. The number of ether oxygens (including phenoxy) is 2. The average molecular weight is 362 g/mol. The monoisotopic (exact) mass is 362 g/mol. The lowest BCUT2D eigenvalue weighted by molar-refractivity contribution is 0.0482. The van der Waals surface area contributed by atoms with Crippen molar-refractivity contribution in [3.63, 3.8) is 0 Å². The van der Waals surface area contributed by atoms with Crippen molar-refractivity contribution >= 4 is 39.4 Å². The van der Waals surface area contributed by atoms with E-state index in [2.05, 4.69) is 0 Å². The third-order valence-electron chi connectivity index (χ3n) is 4.43. The fourth-order valence-corrected chi connectivity index (χ4v) is 3.40. The summed E-state index contributed by atoms with van der Waals surface area (Å²) in [6, 6.07) is 13.0. The van der Waals surface area contributed by atoms with Crippen molar-refractivity contribution < 1.29 is 19.1 Å². The van der Waals surface area contributed by atoms with Crippen LogP contribution in [-0.4, -0.2) is 34.5 Å². The summed E-state index contributed by atoms with van der Waals surface area (Å²) in [7, 11) is 0. The van der Waals surface area contributed by atoms with Crippen LogP contribution in [0.3, 0.4) is 0 Å². The first kappa shape index (κ1) is 17.0. The van der Waals surface area contributed by atoms with Crippen LogP contribution in [0.25, 0.3) is 27.5 Å². The summed E-state index contributed by atoms with van der Waals surface area (Å²) in [5, 5.41) is 1.40. The number of esters is 2. The van der Waals surface area contributed by atoms with Gasteiger partial charge < -0.3 is 9.47 Å². The Morgan fingerprint density at radius 1 is 0.889 bits per heavy atom. The van der Waals surface area contributed by atoms with Crippen LogP contribution >= 0.6 is 0 Å². The van der Waals surface area contributed by atoms with Gasteiger partial charge >= 0.3 is 11.9 Å². The second-order valence-electron chi connectivity index (χ2n) is 5.97. The molecule has 6 nitrogen and oxygen atoms in total. The molecule has 0 fully saturated rings. The quantitative estimate of drug-likeness (QED) is 0.513. The molecule has 4 rings (SSSR count). The van der Waals surface area contributed by atoms with E-state index < -0.39 is 11.9 Å². The van der Waals surface area contributed by atoms with Gasteiger partial charge in [0.1, 0.15) is 11.2 Å². The average Bonchev–Trinajstić information content (AvgIpc) is 3.07. The zero-order chi connectivity index (χ0) is 19.0. The Morgan fingerprint density at radius 3 is 2.22 bits per heavy atom. The molecule has 0 radical (unpaired) electrons. The molecule has 136 valence electrons. The highest BCUT2D eigenvalue weighted by molar-refractivity contribution is 6.23. The van der Waals surface area contributed by atoms with Crippen molar-refractivity contribution in [1.82, 2.24) is 9.38 Å². The maximum Gasteiger partial charge on any atom is 0.341 e. The third-order valence-corrected chi connectivity index (χ3v) is 4.43. The van der Waals surface area contributed by atoms with Gasteiger partial charge in [0.15, 0.2) is 0 Å². The Morgan fingerprint density at radius 2 is 1.52 bits per heavy atom. The van der Waals surface area contributed by atoms with Gasteiger partial charge in [-0.25, -0.2) is 14.6 Å². The first-order chi connectivity index (χ1) is 13.2. The Bertz CT molecular complexity index is 1190. The van der Waals surface area contributed by atoms with E-state index >= 15 is 0 Å². The lowest BCUT2D eigenvalue weighted by Gasteiger charge is -2.13. The number of carbonyl (C=O) groups is 2. The molecule has 0 N–H and O–H groups in total. The largest absolute Gasteiger partial charge is 0.462 e. The summed E-state index contributed by atoms with van der Waals surface area (Å²) >= 11 is 0. The standard InChI is InChI=1S/C21H18N2O4/c1-3-26-20(24)16-13-9-5-6-10-14(13)18-19(17(16)21(25)27-4-2)23-12-8-7-11-15(23)22-18/h5-12H,3-4H2,1-2H3. The molecule has 2 heterocycles. The summed E-state index contributed by atoms with van der Waals surface area (Å²) in [5.74, 6) is -1.12. The maximum absolute atomic E-state index is 12.9. The lowest BCUT2D eigenvalue weighted by Crippen LogP contribution is -2.16. The van der Waals surface area contributed by atoms with E-state index in [-0.39, 0.29) is 24.3 Å². The van der Waals surface area contributed by atoms with Crippen LogP contribution in [0, 0.1) is 0 Å². The Kier molecular flexibility index (Phi) is 4.24. The molecule has 2 aromatic carbocycles. The summed E-state index contributed by atoms with van der Waals surface area (Å²) in [5.41, 5.74) is 2.27. The minimum atomic E-state index is -0.568. The number of carbonyl (C=O) groups excluding carboxylic acids is 2. The smallest absolute Gasteiger partial charge is 0.341 e. The van der Waals surface area contributed by atoms with E-state index in [4.69, 9.17) is 14.5 Å². The number of nitrogens with zero attached hydrogens (tertiary/aromatic N) is 2. The summed E-state index contributed by atoms with van der Waals surface area (Å²) < 4.78 is 12.4. The zero-order valence-corrected chi connectivity index (χ0v) is 15.1. The second kappa shape index (κ2) is 6.72. The van der Waals surface area contributed by atoms with Crippen LogP contribution in [-0.2, 0) is 9.47 Å². The van der Waals surface area contributed by atoms with Gasteiger partial charge in [0.2, 0.25) is 0 Å². The van der Waals surface area contributed by atoms with Gasteiger partial charge in [-0.15, -0.1) is 0 Å². The van der Waals surface area contributed by atoms with Gasteiger partial charge in [0, 0.05) is 11.6 Å². The van der Waals surface area contributed by atoms with Gasteiger partial charge in [0.25, 0.3) is 0 Å². The number of benzene rings is 2. The first-order valence-corrected chi connectivity index (χ1v) is 8.83. The predicted molar refractivity (Wildman–Crippen MR) is 102 cm³/mol. The highest BCUT2D eigenvalue weighted by Gasteiger charge is 2.28. The lowest BCUT2D eigenvalue weighted by atomic mass is 9.96. The van der Waals surface area contributed by atoms with Crippen molar-refractivity contribution in [2.45, 2.75) is 13.8 Å². The van der Waals surface area contributed by atoms with Crippen molar-refractivity contribution in [2.75, 3.05) is 13.2 Å². The van der Waals surface area contributed by atoms with Gasteiger partial charge in [-0.05, 0) is 31.4 Å². The minimum absolute atomic E-state index is 0.183. The van der Waals surface area contributed by atoms with Crippen molar-refractivity contribution in [1.29, 1.82) is 0 Å². The molecule has 0 saturated carbocycles. The molecule has 0 aliphatic heterocycles. The number of hydrogen-bond donors (Lipinski definition) is 0. The molecule has 27 heavy (non-hydrogen) atoms. The fraction of sp³-hybridized carbons (Fsp3) is 0.190. The van der Waals surface area contributed by atoms with E-state index in [9.17, 15) is 9.59 Å². The maximum atomic E-state index is 12.9. The minimum Gasteiger partial charge on any atom is -0.462 e. The predicted octanol–water partition coefficient (Wildman–Crippen LogP) is 3.99. The Labute approximate surface area is 155 Å². The number of rotatable bonds is 4. The zero-order valence-electron chi connectivity index (χ0n) is 15.1. The molecule has 0 aliphatic carbocycles. The van der Waals surface area contributed by atoms with E-state index in [1.807, 2.05) is 42.6 Å². The molecule has 0 atom stereocenters. The molecule has 6 heteroatoms. The van der Waals surface area contributed by atoms with E-state index in [0.717, 1.165) is 5.39 Å². The van der Waals surface area contributed by atoms with Crippen molar-refractivity contribution in [3.05, 3.63) is 59.8 Å². The Balaban J connectivity index is 2.26. The van der Waals surface area contributed by atoms with Gasteiger partial charge in [-0.1, -0.05) is 30.3 Å². The van der Waals surface area contributed by atoms with Crippen molar-refractivity contribution in [3.8, 4) is 0 Å². The highest BCUT2D eigenvalue weighted by Crippen LogP contribution is 2.34. The van der Waals surface area contributed by atoms with E-state index in [1.165, 1.54) is 0 Å². The van der Waals surface area contributed by atoms with Gasteiger partial charge in [-0.2, -0.15) is 0 Å². The number of pyridine rings is 1. The van der Waals surface area contributed by atoms with Crippen LogP contribution < -0.4 is 0 Å². The summed E-state index contributed by atoms with van der Waals surface area (Å²) in [6.07, 6.45) is 1.82. The molecule has 4 aromatic rings. The van der Waals surface area contributed by atoms with E-state index in [0.29, 0.717) is 22.1 Å². The number of aromatic nitrogens is 2. The third kappa shape index (κ3) is 2.61. The molecule has 0 saturated heterocycles. The summed E-state index contributed by atoms with van der Waals surface area (Å²) in [6.45, 7) is 3.87. The van der Waals surface area contributed by atoms with Crippen LogP contribution in [0.4, 0.5) is 0 Å². The van der Waals surface area contributed by atoms with Gasteiger partial charge in [-0.3, -0.25) is 4.40 Å². The highest BCUT2D eigenvalue weighted by atomic mass is 16.5. The number of hydrogen-bond acceptors (Lipinski definition) is 5. The molecule has 0 aliphatic rings. The Hall–Kier alpha value is -3.41. The van der Waals surface area contributed by atoms with Crippen LogP contribution in [0.1, 0.15) is 34.6 Å². The van der Waals surface area contributed by atoms with Crippen LogP contribution in [0.5, 0.6) is 0 Å². The number of fused-ring (bicyclic) bond motifs is 5. The first-order valence-electron chi connectivity index (χ1n) is 8.83. The van der Waals surface area contributed by atoms with E-state index in [1.54, 1.807) is 24.3 Å². The SMILES string of the molecule is CCOC(=O)c1c(C(=O)OCC)c2c(nc3ccccn32)c2ccccc12. The summed E-state index contributed by atoms with van der Waals surface area (Å²) in [4.78, 5) is 30.4. The molecule has 0 amide bonds. The van der Waals surface area contributed by atoms with Crippen LogP contribution in [0.15, 0.2) is 48.7 Å². The topological polar surface area (TPSA) is 69.9 Å². The number of imidazole rings is 1. The van der Waals surface area contributed by atoms with Gasteiger partial charge in [0.05, 0.1) is 29.8 Å². The molecule has 0 spiro atoms. The molecular weight excluding hydrogens is 344 g/mol. The van der Waals surface area contributed by atoms with Crippen LogP contribution in [0.2, 0.25) is 0 Å². The molecular formula is C21H18N2O4. The molecule has 0 unspecified atom stereocenters. The second-order valence-corrected chi connectivity index (χ2v) is 5.97. The normalized spacial score (nSPS) is 11.2. The molecule has 0 bridgehead atoms. The molecule has 2 aromatic heterocycles. The van der Waals surface area contributed by atoms with Crippen molar-refractivity contribution in [2.24, 2.45) is 0 Å².